The fourth-order valence-corrected chi connectivity index (χ4v) is 1.49. The van der Waals surface area contributed by atoms with Crippen LogP contribution < -0.4 is 0 Å². The zero-order valence-electron chi connectivity index (χ0n) is 7.45. The minimum absolute atomic E-state index is 0.263. The summed E-state index contributed by atoms with van der Waals surface area (Å²) < 4.78 is 5.29. The van der Waals surface area contributed by atoms with E-state index in [1.54, 1.807) is 0 Å². The Morgan fingerprint density at radius 2 is 2.09 bits per heavy atom. The Labute approximate surface area is 68.0 Å². The lowest BCUT2D eigenvalue weighted by Gasteiger charge is -2.35. The molecule has 1 saturated heterocycles. The highest BCUT2D eigenvalue weighted by Gasteiger charge is 2.28. The number of likely N-dealkylation sites (N-methyl/N-ethyl adjacent to an activating group) is 1. The van der Waals surface area contributed by atoms with E-state index in [1.807, 2.05) is 21.0 Å². The van der Waals surface area contributed by atoms with Gasteiger partial charge in [0.1, 0.15) is 0 Å². The van der Waals surface area contributed by atoms with Crippen LogP contribution in [0.1, 0.15) is 13.3 Å². The average molecular weight is 159 g/mol. The third-order valence-electron chi connectivity index (χ3n) is 2.23. The Balaban J connectivity index is 2.47. The molecule has 1 fully saturated rings. The van der Waals surface area contributed by atoms with Crippen LogP contribution in [-0.4, -0.2) is 49.0 Å². The molecule has 2 unspecified atom stereocenters. The normalized spacial score (nSPS) is 39.5. The molecule has 0 aromatic heterocycles. The Morgan fingerprint density at radius 3 is 2.55 bits per heavy atom. The van der Waals surface area contributed by atoms with Gasteiger partial charge in [0.25, 0.3) is 0 Å². The third kappa shape index (κ3) is 2.15. The quantitative estimate of drug-likeness (QED) is 0.588. The number of ether oxygens (including phenoxy) is 1. The standard InChI is InChI=1S/C8H17NO2/c1-6-4-7(9(2)3)8(10)5-11-6/h6-8,10H,4-5H2,1-3H3/t6?,7?,8-/m1/s1. The second kappa shape index (κ2) is 3.52. The fraction of sp³-hybridized carbons (Fsp3) is 1.00. The molecule has 0 bridgehead atoms. The van der Waals surface area contributed by atoms with Gasteiger partial charge in [-0.3, -0.25) is 0 Å². The molecule has 0 saturated carbocycles. The molecule has 1 heterocycles. The van der Waals surface area contributed by atoms with Crippen molar-refractivity contribution in [1.82, 2.24) is 4.90 Å². The van der Waals surface area contributed by atoms with Crippen molar-refractivity contribution >= 4 is 0 Å². The van der Waals surface area contributed by atoms with Crippen LogP contribution in [0.2, 0.25) is 0 Å². The maximum atomic E-state index is 9.49. The van der Waals surface area contributed by atoms with Crippen molar-refractivity contribution in [2.24, 2.45) is 0 Å². The smallest absolute Gasteiger partial charge is 0.0929 e. The largest absolute Gasteiger partial charge is 0.389 e. The van der Waals surface area contributed by atoms with Gasteiger partial charge in [0.05, 0.1) is 18.8 Å². The van der Waals surface area contributed by atoms with Crippen LogP contribution in [-0.2, 0) is 4.74 Å². The second-order valence-electron chi connectivity index (χ2n) is 3.48. The van der Waals surface area contributed by atoms with Gasteiger partial charge in [0.2, 0.25) is 0 Å². The van der Waals surface area contributed by atoms with Gasteiger partial charge in [-0.2, -0.15) is 0 Å². The number of hydrogen-bond acceptors (Lipinski definition) is 3. The lowest BCUT2D eigenvalue weighted by Crippen LogP contribution is -2.47. The molecule has 1 aliphatic rings. The van der Waals surface area contributed by atoms with Gasteiger partial charge in [0, 0.05) is 6.04 Å². The van der Waals surface area contributed by atoms with Crippen LogP contribution >= 0.6 is 0 Å². The summed E-state index contributed by atoms with van der Waals surface area (Å²) in [6.45, 7) is 2.52. The van der Waals surface area contributed by atoms with Gasteiger partial charge in [-0.25, -0.2) is 0 Å². The van der Waals surface area contributed by atoms with E-state index in [4.69, 9.17) is 4.74 Å². The molecule has 3 atom stereocenters. The van der Waals surface area contributed by atoms with Crippen molar-refractivity contribution in [1.29, 1.82) is 0 Å². The van der Waals surface area contributed by atoms with Crippen molar-refractivity contribution in [2.75, 3.05) is 20.7 Å². The summed E-state index contributed by atoms with van der Waals surface area (Å²) in [6.07, 6.45) is 0.890. The molecular weight excluding hydrogens is 142 g/mol. The van der Waals surface area contributed by atoms with Crippen LogP contribution in [0.5, 0.6) is 0 Å². The first-order chi connectivity index (χ1) is 5.11. The first-order valence-electron chi connectivity index (χ1n) is 4.07. The molecule has 3 heteroatoms. The SMILES string of the molecule is CC1CC(N(C)C)[C@H](O)CO1. The minimum atomic E-state index is -0.318. The third-order valence-corrected chi connectivity index (χ3v) is 2.23. The molecule has 0 spiro atoms. The van der Waals surface area contributed by atoms with Gasteiger partial charge >= 0.3 is 0 Å². The molecule has 1 aliphatic heterocycles. The van der Waals surface area contributed by atoms with E-state index in [1.165, 1.54) is 0 Å². The second-order valence-corrected chi connectivity index (χ2v) is 3.48. The summed E-state index contributed by atoms with van der Waals surface area (Å²) >= 11 is 0. The molecular formula is C8H17NO2. The molecule has 66 valence electrons. The maximum absolute atomic E-state index is 9.49. The van der Waals surface area contributed by atoms with Gasteiger partial charge < -0.3 is 14.7 Å². The Morgan fingerprint density at radius 1 is 1.45 bits per heavy atom. The number of aliphatic hydroxyl groups excluding tert-OH is 1. The number of nitrogens with zero attached hydrogens (tertiary/aromatic N) is 1. The highest BCUT2D eigenvalue weighted by atomic mass is 16.5. The number of aliphatic hydroxyl groups is 1. The van der Waals surface area contributed by atoms with Gasteiger partial charge in [-0.15, -0.1) is 0 Å². The van der Waals surface area contributed by atoms with Gasteiger partial charge in [-0.1, -0.05) is 0 Å². The van der Waals surface area contributed by atoms with Crippen LogP contribution in [0.15, 0.2) is 0 Å². The molecule has 0 amide bonds. The summed E-state index contributed by atoms with van der Waals surface area (Å²) in [7, 11) is 3.98. The Hall–Kier alpha value is -0.120. The van der Waals surface area contributed by atoms with Crippen molar-refractivity contribution in [3.63, 3.8) is 0 Å². The summed E-state index contributed by atoms with van der Waals surface area (Å²) in [6, 6.07) is 0.263. The first kappa shape index (κ1) is 8.97. The molecule has 0 aliphatic carbocycles. The van der Waals surface area contributed by atoms with Crippen LogP contribution in [0.4, 0.5) is 0 Å². The van der Waals surface area contributed by atoms with Crippen LogP contribution in [0.25, 0.3) is 0 Å². The maximum Gasteiger partial charge on any atom is 0.0929 e. The minimum Gasteiger partial charge on any atom is -0.389 e. The van der Waals surface area contributed by atoms with Gasteiger partial charge in [-0.05, 0) is 27.4 Å². The van der Waals surface area contributed by atoms with Crippen molar-refractivity contribution in [3.05, 3.63) is 0 Å². The molecule has 1 N–H and O–H groups in total. The monoisotopic (exact) mass is 159 g/mol. The van der Waals surface area contributed by atoms with E-state index in [0.29, 0.717) is 6.61 Å². The summed E-state index contributed by atoms with van der Waals surface area (Å²) in [4.78, 5) is 2.06. The average Bonchev–Trinajstić information content (AvgIpc) is 1.94. The van der Waals surface area contributed by atoms with Gasteiger partial charge in [0.15, 0.2) is 0 Å². The zero-order valence-corrected chi connectivity index (χ0v) is 7.45. The van der Waals surface area contributed by atoms with Crippen molar-refractivity contribution in [3.8, 4) is 0 Å². The number of rotatable bonds is 1. The van der Waals surface area contributed by atoms with Crippen molar-refractivity contribution in [2.45, 2.75) is 31.6 Å². The predicted molar refractivity (Wildman–Crippen MR) is 43.5 cm³/mol. The van der Waals surface area contributed by atoms with E-state index in [0.717, 1.165) is 6.42 Å². The molecule has 3 nitrogen and oxygen atoms in total. The highest BCUT2D eigenvalue weighted by molar-refractivity contribution is 4.81. The lowest BCUT2D eigenvalue weighted by atomic mass is 10.0. The van der Waals surface area contributed by atoms with Crippen molar-refractivity contribution < 1.29 is 9.84 Å². The predicted octanol–water partition coefficient (Wildman–Crippen LogP) is 0.0863. The lowest BCUT2D eigenvalue weighted by molar-refractivity contribution is -0.0876. The molecule has 0 aromatic rings. The molecule has 11 heavy (non-hydrogen) atoms. The highest BCUT2D eigenvalue weighted by Crippen LogP contribution is 2.17. The topological polar surface area (TPSA) is 32.7 Å². The van der Waals surface area contributed by atoms with Crippen LogP contribution in [0.3, 0.4) is 0 Å². The molecule has 0 aromatic carbocycles. The van der Waals surface area contributed by atoms with E-state index in [-0.39, 0.29) is 18.2 Å². The Kier molecular flexibility index (Phi) is 2.87. The number of hydrogen-bond donors (Lipinski definition) is 1. The summed E-state index contributed by atoms with van der Waals surface area (Å²) in [5, 5.41) is 9.49. The first-order valence-corrected chi connectivity index (χ1v) is 4.07. The molecule has 0 radical (unpaired) electrons. The van der Waals surface area contributed by atoms with E-state index < -0.39 is 0 Å². The summed E-state index contributed by atoms with van der Waals surface area (Å²) in [5.74, 6) is 0. The van der Waals surface area contributed by atoms with Crippen LogP contribution in [0, 0.1) is 0 Å². The van der Waals surface area contributed by atoms with E-state index >= 15 is 0 Å². The Bertz CT molecular complexity index is 127. The molecule has 1 rings (SSSR count). The van der Waals surface area contributed by atoms with E-state index in [2.05, 4.69) is 4.90 Å². The zero-order chi connectivity index (χ0) is 8.43. The van der Waals surface area contributed by atoms with E-state index in [9.17, 15) is 5.11 Å². The summed E-state index contributed by atoms with van der Waals surface area (Å²) in [5.41, 5.74) is 0. The fourth-order valence-electron chi connectivity index (χ4n) is 1.49.